The lowest BCUT2D eigenvalue weighted by atomic mass is 9.67. The molecule has 124 valence electrons. The lowest BCUT2D eigenvalue weighted by Gasteiger charge is -2.42. The summed E-state index contributed by atoms with van der Waals surface area (Å²) in [4.78, 5) is 13.0. The van der Waals surface area contributed by atoms with E-state index in [2.05, 4.69) is 29.6 Å². The number of Topliss-reactive ketones (excluding diaryl/α,β-unsaturated/α-hetero) is 1. The van der Waals surface area contributed by atoms with Crippen LogP contribution in [0.15, 0.2) is 48.5 Å². The van der Waals surface area contributed by atoms with Crippen LogP contribution >= 0.6 is 23.2 Å². The van der Waals surface area contributed by atoms with Crippen molar-refractivity contribution in [2.45, 2.75) is 31.3 Å². The number of hydrogen-bond acceptors (Lipinski definition) is 1. The van der Waals surface area contributed by atoms with Crippen molar-refractivity contribution in [3.05, 3.63) is 69.7 Å². The molecule has 2 aliphatic rings. The van der Waals surface area contributed by atoms with Gasteiger partial charge in [-0.25, -0.2) is 0 Å². The average Bonchev–Trinajstić information content (AvgIpc) is 2.57. The third-order valence-corrected chi connectivity index (χ3v) is 6.06. The van der Waals surface area contributed by atoms with Crippen LogP contribution in [0, 0.1) is 11.8 Å². The van der Waals surface area contributed by atoms with Gasteiger partial charge in [0.15, 0.2) is 5.78 Å². The van der Waals surface area contributed by atoms with Gasteiger partial charge >= 0.3 is 0 Å². The summed E-state index contributed by atoms with van der Waals surface area (Å²) in [5.41, 5.74) is 2.38. The largest absolute Gasteiger partial charge is 0.333 e. The first-order chi connectivity index (χ1) is 11.6. The number of quaternary nitrogens is 1. The van der Waals surface area contributed by atoms with E-state index in [4.69, 9.17) is 23.2 Å². The highest BCUT2D eigenvalue weighted by Gasteiger charge is 2.49. The maximum atomic E-state index is 13.0. The second-order valence-electron chi connectivity index (χ2n) is 6.89. The summed E-state index contributed by atoms with van der Waals surface area (Å²) in [5, 5.41) is 3.86. The van der Waals surface area contributed by atoms with Crippen molar-refractivity contribution in [3.8, 4) is 0 Å². The Morgan fingerprint density at radius 2 is 1.17 bits per heavy atom. The Hall–Kier alpha value is -1.35. The van der Waals surface area contributed by atoms with Gasteiger partial charge in [0.2, 0.25) is 0 Å². The number of nitrogens with two attached hydrogens (primary N) is 1. The predicted octanol–water partition coefficient (Wildman–Crippen LogP) is 4.34. The molecule has 1 aliphatic carbocycles. The van der Waals surface area contributed by atoms with Crippen LogP contribution in [0.5, 0.6) is 0 Å². The number of halogens is 2. The van der Waals surface area contributed by atoms with Gasteiger partial charge < -0.3 is 5.32 Å². The van der Waals surface area contributed by atoms with Gasteiger partial charge in [0, 0.05) is 21.2 Å². The summed E-state index contributed by atoms with van der Waals surface area (Å²) in [7, 11) is 0. The Kier molecular flexibility index (Phi) is 4.38. The summed E-state index contributed by atoms with van der Waals surface area (Å²) in [6.45, 7) is 0. The fraction of sp³-hybridized carbons (Fsp3) is 0.350. The molecule has 4 rings (SSSR count). The SMILES string of the molecule is O=C1[C@H]2CCC[C@@H]1[C@H](c1ccc(Cl)cc1)[NH2+][C@H]2c1ccc(Cl)cc1. The average molecular weight is 361 g/mol. The first-order valence-corrected chi connectivity index (χ1v) is 9.29. The normalized spacial score (nSPS) is 29.5. The Labute approximate surface area is 152 Å². The standard InChI is InChI=1S/C20H19Cl2NO/c21-14-8-4-12(5-9-14)18-16-2-1-3-17(20(16)24)19(23-18)13-6-10-15(22)11-7-13/h4-11,16-19,23H,1-3H2/p+1/t16-,17+,18-,19-/m0/s1. The van der Waals surface area contributed by atoms with E-state index in [0.29, 0.717) is 5.78 Å². The Balaban J connectivity index is 1.71. The molecule has 24 heavy (non-hydrogen) atoms. The Morgan fingerprint density at radius 1 is 0.750 bits per heavy atom. The van der Waals surface area contributed by atoms with Crippen LogP contribution in [-0.2, 0) is 4.79 Å². The second-order valence-corrected chi connectivity index (χ2v) is 7.77. The minimum Gasteiger partial charge on any atom is -0.333 e. The third kappa shape index (κ3) is 2.88. The molecule has 0 amide bonds. The first kappa shape index (κ1) is 16.1. The molecule has 1 heterocycles. The van der Waals surface area contributed by atoms with E-state index in [0.717, 1.165) is 29.3 Å². The summed E-state index contributed by atoms with van der Waals surface area (Å²) in [6, 6.07) is 16.3. The van der Waals surface area contributed by atoms with Crippen molar-refractivity contribution in [2.24, 2.45) is 11.8 Å². The quantitative estimate of drug-likeness (QED) is 0.848. The topological polar surface area (TPSA) is 33.7 Å². The van der Waals surface area contributed by atoms with Crippen LogP contribution < -0.4 is 5.32 Å². The molecule has 1 saturated carbocycles. The third-order valence-electron chi connectivity index (χ3n) is 5.55. The van der Waals surface area contributed by atoms with E-state index in [9.17, 15) is 4.79 Å². The van der Waals surface area contributed by atoms with Crippen molar-refractivity contribution in [3.63, 3.8) is 0 Å². The number of carbonyl (C=O) groups excluding carboxylic acids is 1. The van der Waals surface area contributed by atoms with Gasteiger partial charge in [0.1, 0.15) is 12.1 Å². The van der Waals surface area contributed by atoms with Gasteiger partial charge in [-0.2, -0.15) is 0 Å². The molecule has 2 aromatic rings. The van der Waals surface area contributed by atoms with Gasteiger partial charge in [0.25, 0.3) is 0 Å². The zero-order valence-corrected chi connectivity index (χ0v) is 14.8. The van der Waals surface area contributed by atoms with E-state index in [1.807, 2.05) is 24.3 Å². The fourth-order valence-corrected chi connectivity index (χ4v) is 4.63. The molecule has 2 fully saturated rings. The Bertz CT molecular complexity index is 680. The highest BCUT2D eigenvalue weighted by molar-refractivity contribution is 6.30. The zero-order valence-electron chi connectivity index (χ0n) is 13.3. The van der Waals surface area contributed by atoms with Gasteiger partial charge in [-0.1, -0.05) is 53.9 Å². The molecule has 4 heteroatoms. The molecule has 0 aromatic heterocycles. The number of hydrogen-bond donors (Lipinski definition) is 1. The lowest BCUT2D eigenvalue weighted by Crippen LogP contribution is -2.92. The van der Waals surface area contributed by atoms with E-state index >= 15 is 0 Å². The molecule has 2 nitrogen and oxygen atoms in total. The van der Waals surface area contributed by atoms with Gasteiger partial charge in [0.05, 0.1) is 11.8 Å². The lowest BCUT2D eigenvalue weighted by molar-refractivity contribution is -0.750. The predicted molar refractivity (Wildman–Crippen MR) is 96.1 cm³/mol. The van der Waals surface area contributed by atoms with Crippen LogP contribution in [0.25, 0.3) is 0 Å². The van der Waals surface area contributed by atoms with Crippen LogP contribution in [0.1, 0.15) is 42.5 Å². The molecule has 2 N–H and O–H groups in total. The Morgan fingerprint density at radius 3 is 1.58 bits per heavy atom. The summed E-state index contributed by atoms with van der Waals surface area (Å²) in [6.07, 6.45) is 3.11. The van der Waals surface area contributed by atoms with Crippen molar-refractivity contribution < 1.29 is 10.1 Å². The van der Waals surface area contributed by atoms with E-state index in [1.165, 1.54) is 11.1 Å². The molecule has 4 atom stereocenters. The maximum Gasteiger partial charge on any atom is 0.151 e. The zero-order chi connectivity index (χ0) is 16.7. The minimum absolute atomic E-state index is 0.119. The van der Waals surface area contributed by atoms with Crippen LogP contribution in [-0.4, -0.2) is 5.78 Å². The number of carbonyl (C=O) groups is 1. The van der Waals surface area contributed by atoms with E-state index in [1.54, 1.807) is 0 Å². The molecule has 0 unspecified atom stereocenters. The van der Waals surface area contributed by atoms with Crippen LogP contribution in [0.2, 0.25) is 10.0 Å². The van der Waals surface area contributed by atoms with Crippen molar-refractivity contribution in [2.75, 3.05) is 0 Å². The first-order valence-electron chi connectivity index (χ1n) is 8.53. The number of benzene rings is 2. The molecule has 2 aromatic carbocycles. The van der Waals surface area contributed by atoms with Gasteiger partial charge in [-0.15, -0.1) is 0 Å². The number of rotatable bonds is 2. The highest BCUT2D eigenvalue weighted by atomic mass is 35.5. The molecular weight excluding hydrogens is 341 g/mol. The monoisotopic (exact) mass is 360 g/mol. The molecule has 0 radical (unpaired) electrons. The summed E-state index contributed by atoms with van der Waals surface area (Å²) >= 11 is 12.1. The van der Waals surface area contributed by atoms with E-state index in [-0.39, 0.29) is 23.9 Å². The minimum atomic E-state index is 0.119. The smallest absolute Gasteiger partial charge is 0.151 e. The van der Waals surface area contributed by atoms with Crippen LogP contribution in [0.3, 0.4) is 0 Å². The fourth-order valence-electron chi connectivity index (χ4n) is 4.38. The number of fused-ring (bicyclic) bond motifs is 2. The highest BCUT2D eigenvalue weighted by Crippen LogP contribution is 2.41. The molecular formula is C20H20Cl2NO+. The van der Waals surface area contributed by atoms with Crippen molar-refractivity contribution in [1.29, 1.82) is 0 Å². The maximum absolute atomic E-state index is 13.0. The number of ketones is 1. The molecule has 0 spiro atoms. The summed E-state index contributed by atoms with van der Waals surface area (Å²) < 4.78 is 0. The van der Waals surface area contributed by atoms with Crippen molar-refractivity contribution in [1.82, 2.24) is 0 Å². The molecule has 2 bridgehead atoms. The molecule has 1 aliphatic heterocycles. The second kappa shape index (κ2) is 6.51. The van der Waals surface area contributed by atoms with Gasteiger partial charge in [-0.05, 0) is 37.1 Å². The number of piperidine rings is 1. The van der Waals surface area contributed by atoms with E-state index < -0.39 is 0 Å². The molecule has 1 saturated heterocycles. The summed E-state index contributed by atoms with van der Waals surface area (Å²) in [5.74, 6) is 0.672. The van der Waals surface area contributed by atoms with Crippen molar-refractivity contribution >= 4 is 29.0 Å². The van der Waals surface area contributed by atoms with Gasteiger partial charge in [-0.3, -0.25) is 4.79 Å². The van der Waals surface area contributed by atoms with Crippen LogP contribution in [0.4, 0.5) is 0 Å².